The van der Waals surface area contributed by atoms with Gasteiger partial charge < -0.3 is 9.84 Å². The maximum atomic E-state index is 11.0. The number of thioether (sulfide) groups is 1. The molecule has 0 aliphatic carbocycles. The van der Waals surface area contributed by atoms with E-state index >= 15 is 0 Å². The third kappa shape index (κ3) is 10.1. The molecule has 0 aromatic heterocycles. The minimum atomic E-state index is -0.568. The predicted molar refractivity (Wildman–Crippen MR) is 64.0 cm³/mol. The topological polar surface area (TPSA) is 46.5 Å². The molecule has 1 atom stereocenters. The van der Waals surface area contributed by atoms with E-state index in [1.807, 2.05) is 0 Å². The van der Waals surface area contributed by atoms with E-state index < -0.39 is 6.10 Å². The minimum Gasteiger partial charge on any atom is -0.466 e. The summed E-state index contributed by atoms with van der Waals surface area (Å²) in [7, 11) is 0. The van der Waals surface area contributed by atoms with Crippen molar-refractivity contribution in [2.45, 2.75) is 39.7 Å². The van der Waals surface area contributed by atoms with Crippen molar-refractivity contribution in [1.82, 2.24) is 0 Å². The highest BCUT2D eigenvalue weighted by atomic mass is 32.2. The normalized spacial score (nSPS) is 12.9. The molecule has 0 aliphatic heterocycles. The highest BCUT2D eigenvalue weighted by molar-refractivity contribution is 7.99. The zero-order valence-corrected chi connectivity index (χ0v) is 10.7. The highest BCUT2D eigenvalue weighted by Crippen LogP contribution is 2.11. The van der Waals surface area contributed by atoms with Gasteiger partial charge in [0, 0.05) is 5.75 Å². The molecule has 0 aromatic carbocycles. The Morgan fingerprint density at radius 3 is 2.67 bits per heavy atom. The first-order chi connectivity index (χ1) is 7.06. The highest BCUT2D eigenvalue weighted by Gasteiger charge is 2.11. The molecule has 0 aliphatic rings. The van der Waals surface area contributed by atoms with Gasteiger partial charge in [0.1, 0.15) is 0 Å². The molecule has 0 saturated heterocycles. The van der Waals surface area contributed by atoms with Crippen LogP contribution < -0.4 is 0 Å². The molecule has 3 nitrogen and oxygen atoms in total. The second-order valence-electron chi connectivity index (χ2n) is 3.92. The van der Waals surface area contributed by atoms with Gasteiger partial charge in [0.25, 0.3) is 0 Å². The first kappa shape index (κ1) is 14.8. The lowest BCUT2D eigenvalue weighted by Gasteiger charge is -2.10. The lowest BCUT2D eigenvalue weighted by molar-refractivity contribution is -0.144. The van der Waals surface area contributed by atoms with Gasteiger partial charge in [-0.2, -0.15) is 11.8 Å². The molecule has 0 bridgehead atoms. The van der Waals surface area contributed by atoms with Crippen molar-refractivity contribution >= 4 is 17.7 Å². The molecule has 0 aromatic rings. The fourth-order valence-electron chi connectivity index (χ4n) is 1.01. The second kappa shape index (κ2) is 9.04. The number of aliphatic hydroxyl groups is 1. The van der Waals surface area contributed by atoms with Crippen LogP contribution in [-0.4, -0.2) is 35.3 Å². The first-order valence-corrected chi connectivity index (χ1v) is 6.63. The van der Waals surface area contributed by atoms with Gasteiger partial charge >= 0.3 is 5.97 Å². The maximum Gasteiger partial charge on any atom is 0.308 e. The summed E-state index contributed by atoms with van der Waals surface area (Å²) in [6.07, 6.45) is 0.695. The molecule has 0 saturated carbocycles. The van der Waals surface area contributed by atoms with Crippen molar-refractivity contribution in [3.8, 4) is 0 Å². The Labute approximate surface area is 96.6 Å². The average Bonchev–Trinajstić information content (AvgIpc) is 2.12. The van der Waals surface area contributed by atoms with Crippen LogP contribution in [0.15, 0.2) is 0 Å². The predicted octanol–water partition coefficient (Wildman–Crippen LogP) is 2.08. The van der Waals surface area contributed by atoms with Crippen molar-refractivity contribution in [1.29, 1.82) is 0 Å². The van der Waals surface area contributed by atoms with Crippen LogP contribution in [0.1, 0.15) is 33.6 Å². The van der Waals surface area contributed by atoms with Crippen LogP contribution >= 0.6 is 11.8 Å². The molecule has 0 fully saturated rings. The smallest absolute Gasteiger partial charge is 0.308 e. The summed E-state index contributed by atoms with van der Waals surface area (Å²) in [5.74, 6) is 2.04. The summed E-state index contributed by atoms with van der Waals surface area (Å²) in [6.45, 7) is 6.50. The number of carbonyl (C=O) groups is 1. The Kier molecular flexibility index (Phi) is 8.91. The maximum absolute atomic E-state index is 11.0. The monoisotopic (exact) mass is 234 g/mol. The lowest BCUT2D eigenvalue weighted by Crippen LogP contribution is -2.18. The zero-order valence-electron chi connectivity index (χ0n) is 9.86. The number of hydrogen-bond donors (Lipinski definition) is 1. The van der Waals surface area contributed by atoms with Gasteiger partial charge in [-0.3, -0.25) is 4.79 Å². The van der Waals surface area contributed by atoms with E-state index in [4.69, 9.17) is 4.74 Å². The SMILES string of the molecule is CCOC(=O)CC(O)CSCCC(C)C. The van der Waals surface area contributed by atoms with Crippen LogP contribution in [-0.2, 0) is 9.53 Å². The third-order valence-electron chi connectivity index (χ3n) is 1.86. The first-order valence-electron chi connectivity index (χ1n) is 5.47. The van der Waals surface area contributed by atoms with Crippen molar-refractivity contribution in [3.63, 3.8) is 0 Å². The van der Waals surface area contributed by atoms with Gasteiger partial charge in [0.2, 0.25) is 0 Å². The fourth-order valence-corrected chi connectivity index (χ4v) is 2.20. The van der Waals surface area contributed by atoms with E-state index in [1.165, 1.54) is 0 Å². The number of hydrogen-bond acceptors (Lipinski definition) is 4. The van der Waals surface area contributed by atoms with Crippen LogP contribution in [0.25, 0.3) is 0 Å². The summed E-state index contributed by atoms with van der Waals surface area (Å²) in [5.41, 5.74) is 0. The Balaban J connectivity index is 3.40. The van der Waals surface area contributed by atoms with Crippen molar-refractivity contribution in [2.75, 3.05) is 18.1 Å². The Hall–Kier alpha value is -0.220. The summed E-state index contributed by atoms with van der Waals surface area (Å²) in [5, 5.41) is 9.49. The van der Waals surface area contributed by atoms with Crippen molar-refractivity contribution < 1.29 is 14.6 Å². The van der Waals surface area contributed by atoms with Gasteiger partial charge in [0.15, 0.2) is 0 Å². The molecule has 0 spiro atoms. The lowest BCUT2D eigenvalue weighted by atomic mass is 10.2. The number of ether oxygens (including phenoxy) is 1. The molecule has 90 valence electrons. The van der Waals surface area contributed by atoms with E-state index in [1.54, 1.807) is 18.7 Å². The molecule has 0 heterocycles. The van der Waals surface area contributed by atoms with Crippen LogP contribution in [0.3, 0.4) is 0 Å². The van der Waals surface area contributed by atoms with Crippen LogP contribution in [0.2, 0.25) is 0 Å². The molecule has 1 N–H and O–H groups in total. The van der Waals surface area contributed by atoms with Crippen LogP contribution in [0, 0.1) is 5.92 Å². The van der Waals surface area contributed by atoms with Gasteiger partial charge in [0.05, 0.1) is 19.1 Å². The summed E-state index contributed by atoms with van der Waals surface area (Å²) in [6, 6.07) is 0. The Morgan fingerprint density at radius 1 is 1.47 bits per heavy atom. The van der Waals surface area contributed by atoms with Crippen molar-refractivity contribution in [3.05, 3.63) is 0 Å². The quantitative estimate of drug-likeness (QED) is 0.516. The van der Waals surface area contributed by atoms with Crippen LogP contribution in [0.4, 0.5) is 0 Å². The molecule has 0 rings (SSSR count). The molecular formula is C11H22O3S. The van der Waals surface area contributed by atoms with E-state index in [2.05, 4.69) is 13.8 Å². The molecule has 15 heavy (non-hydrogen) atoms. The fraction of sp³-hybridized carbons (Fsp3) is 0.909. The van der Waals surface area contributed by atoms with E-state index in [0.29, 0.717) is 18.3 Å². The molecule has 0 radical (unpaired) electrons. The van der Waals surface area contributed by atoms with Gasteiger partial charge in [-0.1, -0.05) is 13.8 Å². The number of rotatable bonds is 8. The average molecular weight is 234 g/mol. The molecule has 4 heteroatoms. The van der Waals surface area contributed by atoms with Gasteiger partial charge in [-0.25, -0.2) is 0 Å². The Morgan fingerprint density at radius 2 is 2.13 bits per heavy atom. The standard InChI is InChI=1S/C11H22O3S/c1-4-14-11(13)7-10(12)8-15-6-5-9(2)3/h9-10,12H,4-8H2,1-3H3. The summed E-state index contributed by atoms with van der Waals surface area (Å²) >= 11 is 1.69. The second-order valence-corrected chi connectivity index (χ2v) is 5.07. The molecule has 0 amide bonds. The minimum absolute atomic E-state index is 0.114. The zero-order chi connectivity index (χ0) is 11.7. The number of aliphatic hydroxyl groups excluding tert-OH is 1. The third-order valence-corrected chi connectivity index (χ3v) is 3.00. The van der Waals surface area contributed by atoms with Crippen LogP contribution in [0.5, 0.6) is 0 Å². The van der Waals surface area contributed by atoms with Gasteiger partial charge in [-0.15, -0.1) is 0 Å². The van der Waals surface area contributed by atoms with E-state index in [-0.39, 0.29) is 12.4 Å². The molecule has 1 unspecified atom stereocenters. The van der Waals surface area contributed by atoms with E-state index in [9.17, 15) is 9.90 Å². The largest absolute Gasteiger partial charge is 0.466 e. The van der Waals surface area contributed by atoms with Crippen molar-refractivity contribution in [2.24, 2.45) is 5.92 Å². The Bertz CT molecular complexity index is 171. The summed E-state index contributed by atoms with van der Waals surface area (Å²) < 4.78 is 4.75. The summed E-state index contributed by atoms with van der Waals surface area (Å²) in [4.78, 5) is 11.0. The molecular weight excluding hydrogens is 212 g/mol. The van der Waals surface area contributed by atoms with Gasteiger partial charge in [-0.05, 0) is 25.0 Å². The van der Waals surface area contributed by atoms with E-state index in [0.717, 1.165) is 12.2 Å². The number of carbonyl (C=O) groups excluding carboxylic acids is 1. The number of esters is 1.